The number of aliphatic hydroxyl groups is 2. The quantitative estimate of drug-likeness (QED) is 0.531. The number of nitrogens with zero attached hydrogens (tertiary/aromatic N) is 2. The highest BCUT2D eigenvalue weighted by Crippen LogP contribution is 2.43. The minimum atomic E-state index is -0.905. The standard InChI is InChI=1S/C20H30N2O5/c1-3-11(2)20(26)27-12-6-7-21-9-13-15-4-5-17(23)19(25)22(15)10-14(18(13)24)16(21)8-12/h3,12-18,23-24H,4-10H2,1-2H3. The third-order valence-corrected chi connectivity index (χ3v) is 7.16. The van der Waals surface area contributed by atoms with Crippen LogP contribution < -0.4 is 0 Å². The molecule has 4 aliphatic rings. The van der Waals surface area contributed by atoms with Crippen molar-refractivity contribution < 1.29 is 24.5 Å². The Bertz CT molecular complexity index is 650. The van der Waals surface area contributed by atoms with Crippen molar-refractivity contribution in [3.05, 3.63) is 11.6 Å². The number of carbonyl (C=O) groups excluding carboxylic acids is 2. The van der Waals surface area contributed by atoms with E-state index in [-0.39, 0.29) is 41.9 Å². The van der Waals surface area contributed by atoms with Gasteiger partial charge in [-0.25, -0.2) is 4.79 Å². The van der Waals surface area contributed by atoms with E-state index in [0.29, 0.717) is 25.0 Å². The van der Waals surface area contributed by atoms with Crippen molar-refractivity contribution in [2.75, 3.05) is 19.6 Å². The van der Waals surface area contributed by atoms with Crippen LogP contribution in [0.4, 0.5) is 0 Å². The van der Waals surface area contributed by atoms with Crippen LogP contribution in [0.2, 0.25) is 0 Å². The molecule has 0 aromatic heterocycles. The fourth-order valence-corrected chi connectivity index (χ4v) is 5.52. The van der Waals surface area contributed by atoms with E-state index in [2.05, 4.69) is 4.90 Å². The van der Waals surface area contributed by atoms with Crippen molar-refractivity contribution >= 4 is 11.9 Å². The first-order valence-electron chi connectivity index (χ1n) is 10.1. The van der Waals surface area contributed by atoms with Crippen LogP contribution in [0.5, 0.6) is 0 Å². The zero-order chi connectivity index (χ0) is 19.3. The van der Waals surface area contributed by atoms with Gasteiger partial charge in [0.05, 0.1) is 6.10 Å². The van der Waals surface area contributed by atoms with Crippen LogP contribution in [0.3, 0.4) is 0 Å². The Morgan fingerprint density at radius 1 is 1.15 bits per heavy atom. The van der Waals surface area contributed by atoms with Gasteiger partial charge < -0.3 is 19.8 Å². The molecule has 4 rings (SSSR count). The number of fused-ring (bicyclic) bond motifs is 6. The van der Waals surface area contributed by atoms with Gasteiger partial charge in [0.15, 0.2) is 0 Å². The number of allylic oxidation sites excluding steroid dienone is 1. The minimum Gasteiger partial charge on any atom is -0.459 e. The highest BCUT2D eigenvalue weighted by atomic mass is 16.5. The second-order valence-electron chi connectivity index (χ2n) is 8.56. The van der Waals surface area contributed by atoms with Gasteiger partial charge in [0.1, 0.15) is 12.2 Å². The van der Waals surface area contributed by atoms with Gasteiger partial charge in [0, 0.05) is 55.5 Å². The molecule has 0 aromatic carbocycles. The fourth-order valence-electron chi connectivity index (χ4n) is 5.52. The van der Waals surface area contributed by atoms with Gasteiger partial charge in [-0.3, -0.25) is 9.69 Å². The summed E-state index contributed by atoms with van der Waals surface area (Å²) in [4.78, 5) is 28.8. The molecule has 7 atom stereocenters. The summed E-state index contributed by atoms with van der Waals surface area (Å²) in [7, 11) is 0. The van der Waals surface area contributed by atoms with E-state index in [0.717, 1.165) is 25.9 Å². The number of carbonyl (C=O) groups is 2. The van der Waals surface area contributed by atoms with Gasteiger partial charge in [-0.15, -0.1) is 0 Å². The summed E-state index contributed by atoms with van der Waals surface area (Å²) in [5.74, 6) is -0.480. The molecule has 27 heavy (non-hydrogen) atoms. The molecule has 0 aromatic rings. The van der Waals surface area contributed by atoms with E-state index in [9.17, 15) is 19.8 Å². The lowest BCUT2D eigenvalue weighted by molar-refractivity contribution is -0.183. The summed E-state index contributed by atoms with van der Waals surface area (Å²) in [6.45, 7) is 5.66. The molecule has 7 unspecified atom stereocenters. The zero-order valence-electron chi connectivity index (χ0n) is 16.1. The second-order valence-corrected chi connectivity index (χ2v) is 8.56. The number of aliphatic hydroxyl groups excluding tert-OH is 2. The lowest BCUT2D eigenvalue weighted by Gasteiger charge is -2.59. The van der Waals surface area contributed by atoms with Crippen LogP contribution in [-0.2, 0) is 14.3 Å². The molecule has 2 N–H and O–H groups in total. The van der Waals surface area contributed by atoms with Crippen LogP contribution in [0.25, 0.3) is 0 Å². The maximum atomic E-state index is 12.5. The monoisotopic (exact) mass is 378 g/mol. The Hall–Kier alpha value is -1.44. The van der Waals surface area contributed by atoms with Crippen LogP contribution in [-0.4, -0.2) is 81.9 Å². The van der Waals surface area contributed by atoms with Gasteiger partial charge in [0.2, 0.25) is 0 Å². The summed E-state index contributed by atoms with van der Waals surface area (Å²) in [5.41, 5.74) is 0.606. The molecule has 0 aliphatic carbocycles. The van der Waals surface area contributed by atoms with Gasteiger partial charge in [-0.05, 0) is 33.1 Å². The average Bonchev–Trinajstić information content (AvgIpc) is 2.65. The third-order valence-electron chi connectivity index (χ3n) is 7.16. The Labute approximate surface area is 160 Å². The molecule has 7 nitrogen and oxygen atoms in total. The number of rotatable bonds is 2. The first kappa shape index (κ1) is 18.9. The SMILES string of the molecule is CC=C(C)C(=O)OC1CCN2CC3C(O)C(CN4C(=O)C(O)CCC34)C2C1. The predicted molar refractivity (Wildman–Crippen MR) is 97.6 cm³/mol. The minimum absolute atomic E-state index is 0.0287. The van der Waals surface area contributed by atoms with Gasteiger partial charge in [-0.1, -0.05) is 6.08 Å². The number of hydrogen-bond acceptors (Lipinski definition) is 6. The second kappa shape index (κ2) is 7.18. The van der Waals surface area contributed by atoms with E-state index in [1.165, 1.54) is 0 Å². The number of ether oxygens (including phenoxy) is 1. The molecule has 0 radical (unpaired) electrons. The number of esters is 1. The van der Waals surface area contributed by atoms with Crippen LogP contribution in [0, 0.1) is 11.8 Å². The van der Waals surface area contributed by atoms with Crippen LogP contribution in [0.1, 0.15) is 39.5 Å². The Balaban J connectivity index is 1.50. The fraction of sp³-hybridized carbons (Fsp3) is 0.800. The molecule has 4 saturated heterocycles. The Kier molecular flexibility index (Phi) is 5.03. The maximum absolute atomic E-state index is 12.5. The Morgan fingerprint density at radius 3 is 2.63 bits per heavy atom. The van der Waals surface area contributed by atoms with E-state index in [4.69, 9.17) is 4.74 Å². The van der Waals surface area contributed by atoms with Crippen LogP contribution in [0.15, 0.2) is 11.6 Å². The average molecular weight is 378 g/mol. The number of piperidine rings is 4. The zero-order valence-corrected chi connectivity index (χ0v) is 16.1. The van der Waals surface area contributed by atoms with E-state index in [1.54, 1.807) is 13.0 Å². The van der Waals surface area contributed by atoms with Crippen molar-refractivity contribution in [2.45, 2.75) is 69.9 Å². The van der Waals surface area contributed by atoms with Gasteiger partial charge >= 0.3 is 5.97 Å². The van der Waals surface area contributed by atoms with Crippen molar-refractivity contribution in [1.82, 2.24) is 9.80 Å². The summed E-state index contributed by atoms with van der Waals surface area (Å²) < 4.78 is 5.67. The molecule has 2 bridgehead atoms. The highest BCUT2D eigenvalue weighted by molar-refractivity contribution is 5.87. The molecule has 150 valence electrons. The van der Waals surface area contributed by atoms with Gasteiger partial charge in [-0.2, -0.15) is 0 Å². The molecule has 7 heteroatoms. The molecule has 0 spiro atoms. The van der Waals surface area contributed by atoms with Crippen molar-refractivity contribution in [3.63, 3.8) is 0 Å². The summed E-state index contributed by atoms with van der Waals surface area (Å²) >= 11 is 0. The first-order chi connectivity index (χ1) is 12.9. The Morgan fingerprint density at radius 2 is 1.89 bits per heavy atom. The maximum Gasteiger partial charge on any atom is 0.333 e. The molecule has 0 saturated carbocycles. The number of hydrogen-bond donors (Lipinski definition) is 2. The largest absolute Gasteiger partial charge is 0.459 e. The predicted octanol–water partition coefficient (Wildman–Crippen LogP) is 0.301. The van der Waals surface area contributed by atoms with Crippen LogP contribution >= 0.6 is 0 Å². The normalized spacial score (nSPS) is 42.4. The topological polar surface area (TPSA) is 90.3 Å². The third kappa shape index (κ3) is 3.19. The molecular formula is C20H30N2O5. The smallest absolute Gasteiger partial charge is 0.333 e. The number of amides is 1. The molecule has 4 aliphatic heterocycles. The van der Waals surface area contributed by atoms with Crippen molar-refractivity contribution in [1.29, 1.82) is 0 Å². The lowest BCUT2D eigenvalue weighted by Crippen LogP contribution is -2.71. The van der Waals surface area contributed by atoms with Crippen molar-refractivity contribution in [2.24, 2.45) is 11.8 Å². The van der Waals surface area contributed by atoms with Crippen molar-refractivity contribution in [3.8, 4) is 0 Å². The highest BCUT2D eigenvalue weighted by Gasteiger charge is 2.55. The summed E-state index contributed by atoms with van der Waals surface area (Å²) in [5, 5.41) is 20.9. The molecule has 4 fully saturated rings. The van der Waals surface area contributed by atoms with E-state index >= 15 is 0 Å². The summed E-state index contributed by atoms with van der Waals surface area (Å²) in [6.07, 6.45) is 2.98. The lowest BCUT2D eigenvalue weighted by atomic mass is 9.68. The first-order valence-corrected chi connectivity index (χ1v) is 10.1. The molecule has 4 heterocycles. The molecular weight excluding hydrogens is 348 g/mol. The molecule has 1 amide bonds. The van der Waals surface area contributed by atoms with Gasteiger partial charge in [0.25, 0.3) is 5.91 Å². The van der Waals surface area contributed by atoms with E-state index < -0.39 is 12.2 Å². The summed E-state index contributed by atoms with van der Waals surface area (Å²) in [6, 6.07) is 0.127. The van der Waals surface area contributed by atoms with E-state index in [1.807, 2.05) is 11.8 Å².